The molecular weight excluding hydrogens is 247 g/mol. The molecule has 0 bridgehead atoms. The Morgan fingerprint density at radius 3 is 2.71 bits per heavy atom. The third-order valence-electron chi connectivity index (χ3n) is 2.14. The molecule has 0 saturated carbocycles. The second-order valence-corrected chi connectivity index (χ2v) is 5.27. The van der Waals surface area contributed by atoms with Crippen molar-refractivity contribution in [3.8, 4) is 5.75 Å². The zero-order chi connectivity index (χ0) is 13.1. The number of rotatable bonds is 5. The van der Waals surface area contributed by atoms with Gasteiger partial charge in [0.25, 0.3) is 0 Å². The lowest BCUT2D eigenvalue weighted by atomic mass is 10.3. The molecule has 0 unspecified atom stereocenters. The Bertz CT molecular complexity index is 490. The molecular formula is C10H15FN2O3S. The molecule has 17 heavy (non-hydrogen) atoms. The van der Waals surface area contributed by atoms with Gasteiger partial charge in [-0.15, -0.1) is 0 Å². The third kappa shape index (κ3) is 3.39. The van der Waals surface area contributed by atoms with Crippen molar-refractivity contribution in [2.45, 2.75) is 17.9 Å². The fourth-order valence-corrected chi connectivity index (χ4v) is 2.46. The summed E-state index contributed by atoms with van der Waals surface area (Å²) in [7, 11) is -2.43. The maximum absolute atomic E-state index is 13.1. The minimum absolute atomic E-state index is 0.0592. The number of benzene rings is 1. The molecule has 1 aromatic rings. The summed E-state index contributed by atoms with van der Waals surface area (Å²) in [4.78, 5) is -0.0592. The molecule has 3 N–H and O–H groups in total. The number of methoxy groups -OCH3 is 1. The van der Waals surface area contributed by atoms with Crippen molar-refractivity contribution in [1.29, 1.82) is 0 Å². The van der Waals surface area contributed by atoms with Crippen molar-refractivity contribution in [2.75, 3.05) is 13.7 Å². The summed E-state index contributed by atoms with van der Waals surface area (Å²) in [5.74, 6) is -0.730. The second kappa shape index (κ2) is 5.44. The van der Waals surface area contributed by atoms with Crippen LogP contribution in [0.3, 0.4) is 0 Å². The summed E-state index contributed by atoms with van der Waals surface area (Å²) in [5, 5.41) is 0. The Morgan fingerprint density at radius 1 is 1.53 bits per heavy atom. The molecule has 1 aromatic carbocycles. The van der Waals surface area contributed by atoms with Crippen molar-refractivity contribution in [1.82, 2.24) is 4.72 Å². The van der Waals surface area contributed by atoms with Gasteiger partial charge in [0.1, 0.15) is 0 Å². The van der Waals surface area contributed by atoms with E-state index in [1.54, 1.807) is 6.92 Å². The fourth-order valence-electron chi connectivity index (χ4n) is 1.19. The van der Waals surface area contributed by atoms with Crippen molar-refractivity contribution in [3.05, 3.63) is 24.0 Å². The van der Waals surface area contributed by atoms with Crippen LogP contribution in [0.2, 0.25) is 0 Å². The first kappa shape index (κ1) is 13.9. The van der Waals surface area contributed by atoms with Gasteiger partial charge in [0.2, 0.25) is 10.0 Å². The highest BCUT2D eigenvalue weighted by molar-refractivity contribution is 7.89. The molecule has 1 atom stereocenters. The molecule has 7 heteroatoms. The highest BCUT2D eigenvalue weighted by atomic mass is 32.2. The van der Waals surface area contributed by atoms with Crippen LogP contribution in [0.1, 0.15) is 6.92 Å². The Kier molecular flexibility index (Phi) is 4.44. The molecule has 0 aliphatic carbocycles. The lowest BCUT2D eigenvalue weighted by Crippen LogP contribution is -2.37. The average Bonchev–Trinajstić information content (AvgIpc) is 2.28. The van der Waals surface area contributed by atoms with E-state index in [-0.39, 0.29) is 17.2 Å². The zero-order valence-electron chi connectivity index (χ0n) is 9.60. The molecule has 5 nitrogen and oxygen atoms in total. The maximum atomic E-state index is 13.1. The van der Waals surface area contributed by atoms with Gasteiger partial charge in [0, 0.05) is 18.7 Å². The van der Waals surface area contributed by atoms with E-state index < -0.39 is 21.9 Å². The van der Waals surface area contributed by atoms with Crippen LogP contribution in [0.4, 0.5) is 4.39 Å². The van der Waals surface area contributed by atoms with E-state index in [1.807, 2.05) is 0 Å². The predicted molar refractivity (Wildman–Crippen MR) is 61.8 cm³/mol. The first-order chi connectivity index (χ1) is 7.90. The molecule has 0 amide bonds. The molecule has 0 fully saturated rings. The van der Waals surface area contributed by atoms with Gasteiger partial charge in [-0.05, 0) is 19.1 Å². The number of ether oxygens (including phenoxy) is 1. The van der Waals surface area contributed by atoms with E-state index >= 15 is 0 Å². The van der Waals surface area contributed by atoms with Crippen LogP contribution in [0, 0.1) is 5.82 Å². The van der Waals surface area contributed by atoms with Crippen LogP contribution in [0.15, 0.2) is 23.1 Å². The van der Waals surface area contributed by atoms with Crippen LogP contribution < -0.4 is 15.2 Å². The minimum atomic E-state index is -3.70. The van der Waals surface area contributed by atoms with Gasteiger partial charge >= 0.3 is 0 Å². The normalized spacial score (nSPS) is 13.4. The predicted octanol–water partition coefficient (Wildman–Crippen LogP) is 0.460. The largest absolute Gasteiger partial charge is 0.494 e. The Balaban J connectivity index is 3.07. The van der Waals surface area contributed by atoms with Gasteiger partial charge in [-0.25, -0.2) is 17.5 Å². The standard InChI is InChI=1S/C10H15FN2O3S/c1-7(6-12)13-17(14,15)8-3-4-9(11)10(5-8)16-2/h3-5,7,13H,6,12H2,1-2H3/t7-/m0/s1. The molecule has 0 aliphatic heterocycles. The topological polar surface area (TPSA) is 81.4 Å². The van der Waals surface area contributed by atoms with Crippen LogP contribution in [-0.4, -0.2) is 28.1 Å². The zero-order valence-corrected chi connectivity index (χ0v) is 10.4. The first-order valence-corrected chi connectivity index (χ1v) is 6.45. The summed E-state index contributed by atoms with van der Waals surface area (Å²) >= 11 is 0. The molecule has 0 aromatic heterocycles. The fraction of sp³-hybridized carbons (Fsp3) is 0.400. The van der Waals surface area contributed by atoms with Gasteiger partial charge in [0.05, 0.1) is 12.0 Å². The number of sulfonamides is 1. The highest BCUT2D eigenvalue weighted by Gasteiger charge is 2.18. The molecule has 0 radical (unpaired) electrons. The lowest BCUT2D eigenvalue weighted by molar-refractivity contribution is 0.385. The van der Waals surface area contributed by atoms with Crippen LogP contribution in [0.25, 0.3) is 0 Å². The van der Waals surface area contributed by atoms with E-state index in [4.69, 9.17) is 10.5 Å². The number of hydrogen-bond acceptors (Lipinski definition) is 4. The quantitative estimate of drug-likeness (QED) is 0.807. The highest BCUT2D eigenvalue weighted by Crippen LogP contribution is 2.21. The third-order valence-corrected chi connectivity index (χ3v) is 3.73. The van der Waals surface area contributed by atoms with E-state index in [1.165, 1.54) is 13.2 Å². The van der Waals surface area contributed by atoms with E-state index in [9.17, 15) is 12.8 Å². The van der Waals surface area contributed by atoms with Crippen molar-refractivity contribution in [2.24, 2.45) is 5.73 Å². The van der Waals surface area contributed by atoms with Gasteiger partial charge in [0.15, 0.2) is 11.6 Å². The second-order valence-electron chi connectivity index (χ2n) is 3.55. The first-order valence-electron chi connectivity index (χ1n) is 4.96. The van der Waals surface area contributed by atoms with Gasteiger partial charge in [-0.1, -0.05) is 0 Å². The minimum Gasteiger partial charge on any atom is -0.494 e. The summed E-state index contributed by atoms with van der Waals surface area (Å²) in [6.45, 7) is 1.82. The van der Waals surface area contributed by atoms with Gasteiger partial charge < -0.3 is 10.5 Å². The van der Waals surface area contributed by atoms with E-state index in [2.05, 4.69) is 4.72 Å². The maximum Gasteiger partial charge on any atom is 0.240 e. The van der Waals surface area contributed by atoms with Crippen LogP contribution in [0.5, 0.6) is 5.75 Å². The summed E-state index contributed by atoms with van der Waals surface area (Å²) in [5.41, 5.74) is 5.33. The lowest BCUT2D eigenvalue weighted by Gasteiger charge is -2.12. The summed E-state index contributed by atoms with van der Waals surface area (Å²) in [6, 6.07) is 2.95. The number of nitrogens with two attached hydrogens (primary N) is 1. The monoisotopic (exact) mass is 262 g/mol. The number of nitrogens with one attached hydrogen (secondary N) is 1. The molecule has 0 heterocycles. The van der Waals surface area contributed by atoms with Crippen molar-refractivity contribution >= 4 is 10.0 Å². The Morgan fingerprint density at radius 2 is 2.18 bits per heavy atom. The molecule has 0 saturated heterocycles. The Labute approximate surface area is 99.8 Å². The Hall–Kier alpha value is -1.18. The van der Waals surface area contributed by atoms with E-state index in [0.717, 1.165) is 12.1 Å². The molecule has 1 rings (SSSR count). The van der Waals surface area contributed by atoms with Gasteiger partial charge in [-0.2, -0.15) is 0 Å². The van der Waals surface area contributed by atoms with Crippen LogP contribution in [-0.2, 0) is 10.0 Å². The molecule has 0 aliphatic rings. The summed E-state index contributed by atoms with van der Waals surface area (Å²) < 4.78 is 43.9. The smallest absolute Gasteiger partial charge is 0.240 e. The van der Waals surface area contributed by atoms with Gasteiger partial charge in [-0.3, -0.25) is 0 Å². The van der Waals surface area contributed by atoms with E-state index in [0.29, 0.717) is 0 Å². The average molecular weight is 262 g/mol. The number of hydrogen-bond donors (Lipinski definition) is 2. The SMILES string of the molecule is COc1cc(S(=O)(=O)N[C@@H](C)CN)ccc1F. The van der Waals surface area contributed by atoms with Crippen molar-refractivity contribution < 1.29 is 17.5 Å². The molecule has 96 valence electrons. The van der Waals surface area contributed by atoms with Crippen molar-refractivity contribution in [3.63, 3.8) is 0 Å². The van der Waals surface area contributed by atoms with Crippen LogP contribution >= 0.6 is 0 Å². The summed E-state index contributed by atoms with van der Waals surface area (Å²) in [6.07, 6.45) is 0. The molecule has 0 spiro atoms. The number of halogens is 1.